The SMILES string of the molecule is COC(=O)C1CC(OC(=O)C2CCOCC2)CN1. The van der Waals surface area contributed by atoms with E-state index >= 15 is 0 Å². The molecule has 0 spiro atoms. The van der Waals surface area contributed by atoms with Gasteiger partial charge in [-0.25, -0.2) is 0 Å². The van der Waals surface area contributed by atoms with Gasteiger partial charge in [0.2, 0.25) is 0 Å². The maximum absolute atomic E-state index is 11.9. The highest BCUT2D eigenvalue weighted by molar-refractivity contribution is 5.76. The molecule has 102 valence electrons. The lowest BCUT2D eigenvalue weighted by Crippen LogP contribution is -2.31. The van der Waals surface area contributed by atoms with Crippen LogP contribution < -0.4 is 5.32 Å². The van der Waals surface area contributed by atoms with E-state index < -0.39 is 0 Å². The number of nitrogens with one attached hydrogen (secondary N) is 1. The van der Waals surface area contributed by atoms with E-state index in [0.717, 1.165) is 12.8 Å². The van der Waals surface area contributed by atoms with Crippen molar-refractivity contribution in [2.45, 2.75) is 31.4 Å². The lowest BCUT2D eigenvalue weighted by Gasteiger charge is -2.22. The molecule has 6 nitrogen and oxygen atoms in total. The molecule has 2 atom stereocenters. The number of carbonyl (C=O) groups excluding carboxylic acids is 2. The number of rotatable bonds is 3. The van der Waals surface area contributed by atoms with Crippen molar-refractivity contribution >= 4 is 11.9 Å². The van der Waals surface area contributed by atoms with Gasteiger partial charge in [0, 0.05) is 26.2 Å². The quantitative estimate of drug-likeness (QED) is 0.709. The van der Waals surface area contributed by atoms with Crippen LogP contribution in [0.1, 0.15) is 19.3 Å². The van der Waals surface area contributed by atoms with Gasteiger partial charge in [-0.15, -0.1) is 0 Å². The predicted molar refractivity (Wildman–Crippen MR) is 61.8 cm³/mol. The van der Waals surface area contributed by atoms with E-state index in [-0.39, 0.29) is 30.0 Å². The Bertz CT molecular complexity index is 314. The molecule has 2 saturated heterocycles. The Hall–Kier alpha value is -1.14. The zero-order chi connectivity index (χ0) is 13.0. The van der Waals surface area contributed by atoms with Crippen molar-refractivity contribution in [1.82, 2.24) is 5.32 Å². The van der Waals surface area contributed by atoms with E-state index in [1.807, 2.05) is 0 Å². The summed E-state index contributed by atoms with van der Waals surface area (Å²) in [5.41, 5.74) is 0. The first-order chi connectivity index (χ1) is 8.70. The standard InChI is InChI=1S/C12H19NO5/c1-16-12(15)10-6-9(7-13-10)18-11(14)8-2-4-17-5-3-8/h8-10,13H,2-7H2,1H3. The monoisotopic (exact) mass is 257 g/mol. The minimum atomic E-state index is -0.359. The summed E-state index contributed by atoms with van der Waals surface area (Å²) in [5, 5.41) is 2.99. The molecule has 1 N–H and O–H groups in total. The van der Waals surface area contributed by atoms with Gasteiger partial charge < -0.3 is 19.5 Å². The van der Waals surface area contributed by atoms with Gasteiger partial charge in [-0.3, -0.25) is 9.59 Å². The fourth-order valence-corrected chi connectivity index (χ4v) is 2.31. The second-order valence-corrected chi connectivity index (χ2v) is 4.67. The number of methoxy groups -OCH3 is 1. The second kappa shape index (κ2) is 6.15. The first-order valence-corrected chi connectivity index (χ1v) is 6.30. The van der Waals surface area contributed by atoms with Crippen LogP contribution >= 0.6 is 0 Å². The highest BCUT2D eigenvalue weighted by Gasteiger charge is 2.34. The summed E-state index contributed by atoms with van der Waals surface area (Å²) < 4.78 is 15.3. The van der Waals surface area contributed by atoms with E-state index in [9.17, 15) is 9.59 Å². The van der Waals surface area contributed by atoms with E-state index in [2.05, 4.69) is 10.1 Å². The van der Waals surface area contributed by atoms with Gasteiger partial charge in [0.15, 0.2) is 0 Å². The summed E-state index contributed by atoms with van der Waals surface area (Å²) in [5.74, 6) is -0.536. The third kappa shape index (κ3) is 3.20. The van der Waals surface area contributed by atoms with E-state index in [4.69, 9.17) is 9.47 Å². The number of hydrogen-bond donors (Lipinski definition) is 1. The molecular weight excluding hydrogens is 238 g/mol. The maximum Gasteiger partial charge on any atom is 0.323 e. The van der Waals surface area contributed by atoms with Crippen LogP contribution in [-0.2, 0) is 23.8 Å². The van der Waals surface area contributed by atoms with Gasteiger partial charge >= 0.3 is 11.9 Å². The Kier molecular flexibility index (Phi) is 4.54. The molecule has 2 aliphatic rings. The van der Waals surface area contributed by atoms with Gasteiger partial charge in [-0.1, -0.05) is 0 Å². The summed E-state index contributed by atoms with van der Waals surface area (Å²) in [6.45, 7) is 1.75. The van der Waals surface area contributed by atoms with Crippen molar-refractivity contribution in [3.8, 4) is 0 Å². The van der Waals surface area contributed by atoms with Crippen molar-refractivity contribution < 1.29 is 23.8 Å². The molecule has 2 fully saturated rings. The molecule has 0 saturated carbocycles. The van der Waals surface area contributed by atoms with Crippen molar-refractivity contribution in [2.75, 3.05) is 26.9 Å². The Balaban J connectivity index is 1.76. The molecule has 0 aromatic heterocycles. The van der Waals surface area contributed by atoms with Crippen LogP contribution in [0.15, 0.2) is 0 Å². The molecule has 0 aliphatic carbocycles. The minimum absolute atomic E-state index is 0.0593. The largest absolute Gasteiger partial charge is 0.468 e. The van der Waals surface area contributed by atoms with E-state index in [1.54, 1.807) is 0 Å². The van der Waals surface area contributed by atoms with Gasteiger partial charge in [0.1, 0.15) is 12.1 Å². The highest BCUT2D eigenvalue weighted by atomic mass is 16.5. The minimum Gasteiger partial charge on any atom is -0.468 e. The smallest absolute Gasteiger partial charge is 0.323 e. The van der Waals surface area contributed by atoms with Crippen LogP contribution in [0.3, 0.4) is 0 Å². The third-order valence-corrected chi connectivity index (χ3v) is 3.41. The summed E-state index contributed by atoms with van der Waals surface area (Å²) >= 11 is 0. The molecular formula is C12H19NO5. The average Bonchev–Trinajstić information content (AvgIpc) is 2.87. The van der Waals surface area contributed by atoms with Crippen LogP contribution in [0, 0.1) is 5.92 Å². The molecule has 2 rings (SSSR count). The fourth-order valence-electron chi connectivity index (χ4n) is 2.31. The lowest BCUT2D eigenvalue weighted by molar-refractivity contribution is -0.157. The van der Waals surface area contributed by atoms with Crippen LogP contribution in [0.2, 0.25) is 0 Å². The van der Waals surface area contributed by atoms with Gasteiger partial charge in [-0.05, 0) is 12.8 Å². The number of carbonyl (C=O) groups is 2. The summed E-state index contributed by atoms with van der Waals surface area (Å²) in [7, 11) is 1.35. The average molecular weight is 257 g/mol. The first-order valence-electron chi connectivity index (χ1n) is 6.30. The third-order valence-electron chi connectivity index (χ3n) is 3.41. The molecule has 0 amide bonds. The molecule has 0 radical (unpaired) electrons. The molecule has 0 aromatic carbocycles. The Morgan fingerprint density at radius 2 is 1.94 bits per heavy atom. The van der Waals surface area contributed by atoms with E-state index in [1.165, 1.54) is 7.11 Å². The predicted octanol–water partition coefficient (Wildman–Crippen LogP) is -0.140. The van der Waals surface area contributed by atoms with Crippen molar-refractivity contribution in [3.05, 3.63) is 0 Å². The molecule has 2 aliphatic heterocycles. The number of ether oxygens (including phenoxy) is 3. The maximum atomic E-state index is 11.9. The topological polar surface area (TPSA) is 73.9 Å². The van der Waals surface area contributed by atoms with Crippen LogP contribution in [-0.4, -0.2) is 51.0 Å². The zero-order valence-electron chi connectivity index (χ0n) is 10.5. The second-order valence-electron chi connectivity index (χ2n) is 4.67. The van der Waals surface area contributed by atoms with Crippen molar-refractivity contribution in [1.29, 1.82) is 0 Å². The Morgan fingerprint density at radius 1 is 1.22 bits per heavy atom. The van der Waals surface area contributed by atoms with E-state index in [0.29, 0.717) is 26.2 Å². The van der Waals surface area contributed by atoms with Crippen molar-refractivity contribution in [3.63, 3.8) is 0 Å². The fraction of sp³-hybridized carbons (Fsp3) is 0.833. The van der Waals surface area contributed by atoms with Crippen LogP contribution in [0.5, 0.6) is 0 Å². The molecule has 2 unspecified atom stereocenters. The van der Waals surface area contributed by atoms with Crippen molar-refractivity contribution in [2.24, 2.45) is 5.92 Å². The van der Waals surface area contributed by atoms with Gasteiger partial charge in [0.05, 0.1) is 13.0 Å². The summed E-state index contributed by atoms with van der Waals surface area (Å²) in [4.78, 5) is 23.2. The summed E-state index contributed by atoms with van der Waals surface area (Å²) in [6, 6.07) is -0.359. The molecule has 0 aromatic rings. The molecule has 0 bridgehead atoms. The Morgan fingerprint density at radius 3 is 2.61 bits per heavy atom. The molecule has 2 heterocycles. The molecule has 18 heavy (non-hydrogen) atoms. The first kappa shape index (κ1) is 13.3. The van der Waals surface area contributed by atoms with Crippen LogP contribution in [0.4, 0.5) is 0 Å². The molecule has 6 heteroatoms. The number of esters is 2. The van der Waals surface area contributed by atoms with Gasteiger partial charge in [-0.2, -0.15) is 0 Å². The van der Waals surface area contributed by atoms with Crippen LogP contribution in [0.25, 0.3) is 0 Å². The lowest BCUT2D eigenvalue weighted by atomic mass is 10.0. The summed E-state index contributed by atoms with van der Waals surface area (Å²) in [6.07, 6.45) is 1.70. The normalized spacial score (nSPS) is 28.9. The number of hydrogen-bond acceptors (Lipinski definition) is 6. The van der Waals surface area contributed by atoms with Gasteiger partial charge in [0.25, 0.3) is 0 Å². The zero-order valence-corrected chi connectivity index (χ0v) is 10.5. The Labute approximate surface area is 106 Å². The highest BCUT2D eigenvalue weighted by Crippen LogP contribution is 2.19.